The second kappa shape index (κ2) is 7.29. The van der Waals surface area contributed by atoms with E-state index in [2.05, 4.69) is 4.98 Å². The van der Waals surface area contributed by atoms with Gasteiger partial charge in [0.05, 0.1) is 11.4 Å². The van der Waals surface area contributed by atoms with E-state index in [1.54, 1.807) is 4.68 Å². The average molecular weight is 391 g/mol. The zero-order valence-corrected chi connectivity index (χ0v) is 15.9. The number of fused-ring (bicyclic) bond motifs is 1. The van der Waals surface area contributed by atoms with Crippen LogP contribution in [0.15, 0.2) is 97.2 Å². The van der Waals surface area contributed by atoms with Crippen molar-refractivity contribution in [2.45, 2.75) is 0 Å². The van der Waals surface area contributed by atoms with Gasteiger partial charge < -0.3 is 5.11 Å². The fraction of sp³-hybridized carbons (Fsp3) is 0. The van der Waals surface area contributed by atoms with Gasteiger partial charge in [0.2, 0.25) is 0 Å². The first-order valence-corrected chi connectivity index (χ1v) is 9.55. The number of benzene rings is 3. The molecule has 3 aromatic carbocycles. The van der Waals surface area contributed by atoms with Gasteiger partial charge in [-0.05, 0) is 17.7 Å². The van der Waals surface area contributed by atoms with Crippen LogP contribution in [0.1, 0.15) is 10.5 Å². The van der Waals surface area contributed by atoms with Gasteiger partial charge in [0.25, 0.3) is 0 Å². The van der Waals surface area contributed by atoms with Crippen LogP contribution < -0.4 is 0 Å². The lowest BCUT2D eigenvalue weighted by Gasteiger charge is -2.10. The van der Waals surface area contributed by atoms with Gasteiger partial charge in [-0.25, -0.2) is 14.5 Å². The van der Waals surface area contributed by atoms with Crippen LogP contribution in [0.4, 0.5) is 0 Å². The topological polar surface area (TPSA) is 68.0 Å². The number of carboxylic acids is 1. The highest BCUT2D eigenvalue weighted by molar-refractivity contribution is 6.08. The minimum absolute atomic E-state index is 0.00846. The molecule has 5 nitrogen and oxygen atoms in total. The molecule has 0 fully saturated rings. The number of nitrogens with zero attached hydrogens (tertiary/aromatic N) is 3. The van der Waals surface area contributed by atoms with Crippen molar-refractivity contribution < 1.29 is 9.90 Å². The Hall–Kier alpha value is -4.25. The van der Waals surface area contributed by atoms with Gasteiger partial charge in [0.1, 0.15) is 5.52 Å². The second-order valence-corrected chi connectivity index (χ2v) is 6.89. The molecule has 0 aliphatic heterocycles. The Labute approximate surface area is 172 Å². The van der Waals surface area contributed by atoms with Crippen LogP contribution in [0.2, 0.25) is 0 Å². The van der Waals surface area contributed by atoms with E-state index >= 15 is 0 Å². The van der Waals surface area contributed by atoms with Crippen molar-refractivity contribution in [1.29, 1.82) is 0 Å². The molecule has 5 aromatic rings. The third-order valence-electron chi connectivity index (χ3n) is 5.00. The molecule has 144 valence electrons. The normalized spacial score (nSPS) is 10.9. The number of carboxylic acid groups (broad SMARTS) is 1. The number of aromatic carboxylic acids is 1. The fourth-order valence-electron chi connectivity index (χ4n) is 3.63. The number of hydrogen-bond acceptors (Lipinski definition) is 3. The Morgan fingerprint density at radius 1 is 0.767 bits per heavy atom. The number of carbonyl (C=O) groups is 1. The van der Waals surface area contributed by atoms with E-state index < -0.39 is 5.97 Å². The first kappa shape index (κ1) is 17.8. The van der Waals surface area contributed by atoms with Crippen molar-refractivity contribution in [3.63, 3.8) is 0 Å². The van der Waals surface area contributed by atoms with E-state index in [-0.39, 0.29) is 5.69 Å². The molecule has 0 aliphatic carbocycles. The molecule has 2 aromatic heterocycles. The maximum absolute atomic E-state index is 12.2. The van der Waals surface area contributed by atoms with Crippen LogP contribution in [0.25, 0.3) is 39.0 Å². The number of rotatable bonds is 4. The van der Waals surface area contributed by atoms with Crippen LogP contribution >= 0.6 is 0 Å². The Balaban J connectivity index is 1.90. The summed E-state index contributed by atoms with van der Waals surface area (Å²) in [6.07, 6.45) is 1.91. The molecular formula is C25H17N3O2. The third-order valence-corrected chi connectivity index (χ3v) is 5.00. The molecule has 0 unspecified atom stereocenters. The summed E-state index contributed by atoms with van der Waals surface area (Å²) in [5, 5.41) is 15.6. The van der Waals surface area contributed by atoms with E-state index in [0.717, 1.165) is 22.2 Å². The van der Waals surface area contributed by atoms with E-state index in [1.807, 2.05) is 97.2 Å². The van der Waals surface area contributed by atoms with Gasteiger partial charge in [-0.2, -0.15) is 5.10 Å². The largest absolute Gasteiger partial charge is 0.476 e. The third kappa shape index (κ3) is 3.02. The van der Waals surface area contributed by atoms with Crippen molar-refractivity contribution >= 4 is 16.9 Å². The first-order valence-electron chi connectivity index (χ1n) is 9.55. The van der Waals surface area contributed by atoms with Crippen LogP contribution in [0.5, 0.6) is 0 Å². The highest BCUT2D eigenvalue weighted by Crippen LogP contribution is 2.36. The molecule has 5 heteroatoms. The average Bonchev–Trinajstić information content (AvgIpc) is 3.25. The Kier molecular flexibility index (Phi) is 4.33. The van der Waals surface area contributed by atoms with Crippen molar-refractivity contribution in [2.24, 2.45) is 0 Å². The Morgan fingerprint density at radius 3 is 1.93 bits per heavy atom. The second-order valence-electron chi connectivity index (χ2n) is 6.89. The van der Waals surface area contributed by atoms with Crippen LogP contribution in [0.3, 0.4) is 0 Å². The number of para-hydroxylation sites is 1. The molecule has 0 aliphatic rings. The molecule has 0 saturated heterocycles. The van der Waals surface area contributed by atoms with Crippen LogP contribution in [-0.4, -0.2) is 25.8 Å². The molecule has 2 heterocycles. The molecule has 1 N–H and O–H groups in total. The predicted octanol–water partition coefficient (Wildman–Crippen LogP) is 5.45. The molecule has 0 saturated carbocycles. The summed E-state index contributed by atoms with van der Waals surface area (Å²) in [5.41, 5.74) is 4.23. The Bertz CT molecular complexity index is 1350. The summed E-state index contributed by atoms with van der Waals surface area (Å²) in [6.45, 7) is 0. The van der Waals surface area contributed by atoms with Gasteiger partial charge in [-0.15, -0.1) is 0 Å². The highest BCUT2D eigenvalue weighted by atomic mass is 16.4. The maximum atomic E-state index is 12.2. The predicted molar refractivity (Wildman–Crippen MR) is 117 cm³/mol. The molecule has 0 atom stereocenters. The van der Waals surface area contributed by atoms with Crippen molar-refractivity contribution in [3.05, 3.63) is 103 Å². The lowest BCUT2D eigenvalue weighted by atomic mass is 9.98. The monoisotopic (exact) mass is 391 g/mol. The quantitative estimate of drug-likeness (QED) is 0.442. The number of hydrogen-bond donors (Lipinski definition) is 1. The van der Waals surface area contributed by atoms with Crippen molar-refractivity contribution in [1.82, 2.24) is 14.8 Å². The van der Waals surface area contributed by atoms with Gasteiger partial charge >= 0.3 is 5.97 Å². The van der Waals surface area contributed by atoms with Gasteiger partial charge in [-0.3, -0.25) is 0 Å². The molecule has 30 heavy (non-hydrogen) atoms. The van der Waals surface area contributed by atoms with Gasteiger partial charge in [0, 0.05) is 22.7 Å². The molecule has 0 bridgehead atoms. The zero-order valence-electron chi connectivity index (χ0n) is 15.9. The van der Waals surface area contributed by atoms with E-state index in [9.17, 15) is 9.90 Å². The minimum Gasteiger partial charge on any atom is -0.476 e. The summed E-state index contributed by atoms with van der Waals surface area (Å²) in [4.78, 5) is 16.8. The van der Waals surface area contributed by atoms with E-state index in [0.29, 0.717) is 16.8 Å². The van der Waals surface area contributed by atoms with E-state index in [1.165, 1.54) is 0 Å². The summed E-state index contributed by atoms with van der Waals surface area (Å²) < 4.78 is 1.77. The standard InChI is InChI=1S/C25H17N3O2/c29-25(30)24-21(17-10-4-1-5-11-17)23-20(22(26-24)18-12-6-2-7-13-18)16-28(27-23)19-14-8-3-9-15-19/h1-16H,(H,29,30). The molecule has 0 radical (unpaired) electrons. The smallest absolute Gasteiger partial charge is 0.355 e. The molecule has 5 rings (SSSR count). The van der Waals surface area contributed by atoms with Crippen LogP contribution in [-0.2, 0) is 0 Å². The summed E-state index contributed by atoms with van der Waals surface area (Å²) >= 11 is 0. The Morgan fingerprint density at radius 2 is 1.33 bits per heavy atom. The summed E-state index contributed by atoms with van der Waals surface area (Å²) in [7, 11) is 0. The van der Waals surface area contributed by atoms with Gasteiger partial charge in [-0.1, -0.05) is 78.9 Å². The summed E-state index contributed by atoms with van der Waals surface area (Å²) in [5.74, 6) is -1.08. The SMILES string of the molecule is O=C(O)c1nc(-c2ccccc2)c2cn(-c3ccccc3)nc2c1-c1ccccc1. The van der Waals surface area contributed by atoms with Gasteiger partial charge in [0.15, 0.2) is 5.69 Å². The fourth-order valence-corrected chi connectivity index (χ4v) is 3.63. The van der Waals surface area contributed by atoms with Crippen LogP contribution in [0, 0.1) is 0 Å². The zero-order chi connectivity index (χ0) is 20.5. The van der Waals surface area contributed by atoms with E-state index in [4.69, 9.17) is 5.10 Å². The number of aromatic nitrogens is 3. The molecular weight excluding hydrogens is 374 g/mol. The highest BCUT2D eigenvalue weighted by Gasteiger charge is 2.23. The minimum atomic E-state index is -1.08. The van der Waals surface area contributed by atoms with Crippen molar-refractivity contribution in [2.75, 3.05) is 0 Å². The molecule has 0 spiro atoms. The molecule has 0 amide bonds. The lowest BCUT2D eigenvalue weighted by molar-refractivity contribution is 0.0691. The first-order chi connectivity index (χ1) is 14.7. The lowest BCUT2D eigenvalue weighted by Crippen LogP contribution is -2.05. The maximum Gasteiger partial charge on any atom is 0.355 e. The van der Waals surface area contributed by atoms with Crippen molar-refractivity contribution in [3.8, 4) is 28.1 Å². The number of pyridine rings is 1. The summed E-state index contributed by atoms with van der Waals surface area (Å²) in [6, 6.07) is 28.8.